The molecule has 152 valence electrons. The molecule has 2 heterocycles. The van der Waals surface area contributed by atoms with E-state index in [0.29, 0.717) is 18.2 Å². The van der Waals surface area contributed by atoms with E-state index in [9.17, 15) is 9.59 Å². The molecule has 1 fully saturated rings. The van der Waals surface area contributed by atoms with Gasteiger partial charge in [0.05, 0.1) is 19.0 Å². The highest BCUT2D eigenvalue weighted by atomic mass is 32.2. The summed E-state index contributed by atoms with van der Waals surface area (Å²) in [7, 11) is 0. The molecule has 28 heavy (non-hydrogen) atoms. The van der Waals surface area contributed by atoms with Crippen molar-refractivity contribution in [1.29, 1.82) is 0 Å². The highest BCUT2D eigenvalue weighted by Gasteiger charge is 2.14. The zero-order chi connectivity index (χ0) is 19.8. The Morgan fingerprint density at radius 1 is 1.29 bits per heavy atom. The van der Waals surface area contributed by atoms with E-state index in [0.717, 1.165) is 44.8 Å². The van der Waals surface area contributed by atoms with Gasteiger partial charge in [0.15, 0.2) is 5.16 Å². The van der Waals surface area contributed by atoms with Crippen LogP contribution >= 0.6 is 11.8 Å². The Bertz CT molecular complexity index is 829. The number of hydrogen-bond acceptors (Lipinski definition) is 6. The van der Waals surface area contributed by atoms with Gasteiger partial charge in [-0.2, -0.15) is 0 Å². The van der Waals surface area contributed by atoms with Crippen molar-refractivity contribution in [2.45, 2.75) is 38.1 Å². The average molecular weight is 406 g/mol. The van der Waals surface area contributed by atoms with Crippen LogP contribution in [0.5, 0.6) is 0 Å². The molecule has 1 aromatic heterocycles. The number of amides is 1. The largest absolute Gasteiger partial charge is 0.379 e. The van der Waals surface area contributed by atoms with Crippen LogP contribution in [-0.4, -0.2) is 57.6 Å². The fourth-order valence-corrected chi connectivity index (χ4v) is 3.90. The third-order valence-electron chi connectivity index (χ3n) is 4.59. The fourth-order valence-electron chi connectivity index (χ4n) is 3.09. The van der Waals surface area contributed by atoms with Gasteiger partial charge in [-0.3, -0.25) is 14.3 Å². The van der Waals surface area contributed by atoms with Crippen LogP contribution in [-0.2, 0) is 29.2 Å². The zero-order valence-electron chi connectivity index (χ0n) is 16.1. The minimum absolute atomic E-state index is 0.0790. The molecule has 0 unspecified atom stereocenters. The molecule has 0 aliphatic carbocycles. The van der Waals surface area contributed by atoms with Crippen LogP contribution in [0.4, 0.5) is 0 Å². The van der Waals surface area contributed by atoms with E-state index in [1.807, 2.05) is 19.1 Å². The molecule has 1 amide bonds. The molecule has 0 radical (unpaired) electrons. The van der Waals surface area contributed by atoms with Gasteiger partial charge in [0, 0.05) is 32.7 Å². The number of aromatic nitrogens is 3. The Morgan fingerprint density at radius 3 is 2.79 bits per heavy atom. The van der Waals surface area contributed by atoms with E-state index in [1.54, 1.807) is 4.57 Å². The quantitative estimate of drug-likeness (QED) is 0.610. The summed E-state index contributed by atoms with van der Waals surface area (Å²) in [4.78, 5) is 26.4. The molecule has 2 N–H and O–H groups in total. The summed E-state index contributed by atoms with van der Waals surface area (Å²) in [5, 5.41) is 9.97. The first-order valence-corrected chi connectivity index (χ1v) is 10.6. The van der Waals surface area contributed by atoms with Crippen LogP contribution in [0.15, 0.2) is 34.2 Å². The van der Waals surface area contributed by atoms with Gasteiger partial charge in [-0.25, -0.2) is 9.89 Å². The lowest BCUT2D eigenvalue weighted by molar-refractivity contribution is -0.118. The van der Waals surface area contributed by atoms with E-state index in [-0.39, 0.29) is 17.3 Å². The van der Waals surface area contributed by atoms with Gasteiger partial charge in [-0.15, -0.1) is 5.10 Å². The number of hydrogen-bond donors (Lipinski definition) is 2. The number of aromatic amines is 1. The molecule has 2 aromatic rings. The summed E-state index contributed by atoms with van der Waals surface area (Å²) in [6.45, 7) is 7.34. The molecule has 9 heteroatoms. The summed E-state index contributed by atoms with van der Waals surface area (Å²) < 4.78 is 6.97. The Labute approximate surface area is 168 Å². The van der Waals surface area contributed by atoms with E-state index in [1.165, 1.54) is 17.3 Å². The second-order valence-electron chi connectivity index (χ2n) is 6.69. The lowest BCUT2D eigenvalue weighted by Gasteiger charge is -2.27. The number of rotatable bonds is 9. The number of nitrogens with zero attached hydrogens (tertiary/aromatic N) is 3. The molecular formula is C19H27N5O3S. The smallest absolute Gasteiger partial charge is 0.343 e. The molecule has 8 nitrogen and oxygen atoms in total. The van der Waals surface area contributed by atoms with Gasteiger partial charge < -0.3 is 10.1 Å². The molecule has 0 bridgehead atoms. The predicted octanol–water partition coefficient (Wildman–Crippen LogP) is 1.22. The van der Waals surface area contributed by atoms with Crippen molar-refractivity contribution in [3.63, 3.8) is 0 Å². The Morgan fingerprint density at radius 2 is 2.04 bits per heavy atom. The third-order valence-corrected chi connectivity index (χ3v) is 5.57. The molecule has 0 saturated carbocycles. The summed E-state index contributed by atoms with van der Waals surface area (Å²) >= 11 is 1.27. The van der Waals surface area contributed by atoms with Crippen molar-refractivity contribution in [2.75, 3.05) is 32.1 Å². The van der Waals surface area contributed by atoms with Crippen molar-refractivity contribution in [3.05, 3.63) is 45.9 Å². The van der Waals surface area contributed by atoms with Gasteiger partial charge in [0.25, 0.3) is 0 Å². The second-order valence-corrected chi connectivity index (χ2v) is 7.63. The second kappa shape index (κ2) is 10.4. The number of carbonyl (C=O) groups excluding carboxylic acids is 1. The minimum atomic E-state index is -0.234. The topological polar surface area (TPSA) is 92.2 Å². The first-order valence-electron chi connectivity index (χ1n) is 9.59. The van der Waals surface area contributed by atoms with Crippen LogP contribution in [0.25, 0.3) is 0 Å². The van der Waals surface area contributed by atoms with Crippen LogP contribution in [0.3, 0.4) is 0 Å². The van der Waals surface area contributed by atoms with Crippen LogP contribution in [0.1, 0.15) is 24.5 Å². The van der Waals surface area contributed by atoms with Crippen LogP contribution in [0.2, 0.25) is 0 Å². The normalized spacial score (nSPS) is 14.9. The lowest BCUT2D eigenvalue weighted by atomic mass is 10.1. The number of nitrogens with one attached hydrogen (secondary N) is 2. The minimum Gasteiger partial charge on any atom is -0.379 e. The number of thioether (sulfide) groups is 1. The van der Waals surface area contributed by atoms with Crippen molar-refractivity contribution in [1.82, 2.24) is 25.0 Å². The van der Waals surface area contributed by atoms with E-state index < -0.39 is 0 Å². The Hall–Kier alpha value is -2.10. The van der Waals surface area contributed by atoms with E-state index >= 15 is 0 Å². The Kier molecular flexibility index (Phi) is 7.70. The number of benzene rings is 1. The predicted molar refractivity (Wildman–Crippen MR) is 108 cm³/mol. The number of carbonyl (C=O) groups is 1. The maximum absolute atomic E-state index is 12.3. The van der Waals surface area contributed by atoms with Crippen molar-refractivity contribution >= 4 is 17.7 Å². The third kappa shape index (κ3) is 5.70. The molecule has 1 aromatic carbocycles. The van der Waals surface area contributed by atoms with Crippen molar-refractivity contribution < 1.29 is 9.53 Å². The van der Waals surface area contributed by atoms with E-state index in [4.69, 9.17) is 4.74 Å². The summed E-state index contributed by atoms with van der Waals surface area (Å²) in [6.07, 6.45) is 0.832. The van der Waals surface area contributed by atoms with Crippen LogP contribution in [0, 0.1) is 0 Å². The first-order chi connectivity index (χ1) is 13.7. The summed E-state index contributed by atoms with van der Waals surface area (Å²) in [5.74, 6) is 0.143. The highest BCUT2D eigenvalue weighted by Crippen LogP contribution is 2.15. The van der Waals surface area contributed by atoms with Crippen LogP contribution < -0.4 is 11.0 Å². The maximum atomic E-state index is 12.3. The van der Waals surface area contributed by atoms with Gasteiger partial charge in [0.2, 0.25) is 5.91 Å². The fraction of sp³-hybridized carbons (Fsp3) is 0.526. The lowest BCUT2D eigenvalue weighted by Crippen LogP contribution is -2.36. The number of ether oxygens (including phenoxy) is 1. The SMILES string of the molecule is CCCn1c(SCC(=O)NCc2ccccc2CN2CCOCC2)n[nH]c1=O. The molecule has 0 spiro atoms. The molecule has 3 rings (SSSR count). The maximum Gasteiger partial charge on any atom is 0.343 e. The number of H-pyrrole nitrogens is 1. The molecule has 1 aliphatic rings. The molecule has 1 saturated heterocycles. The first kappa shape index (κ1) is 20.6. The molecule has 0 atom stereocenters. The summed E-state index contributed by atoms with van der Waals surface area (Å²) in [6, 6.07) is 8.18. The van der Waals surface area contributed by atoms with Crippen molar-refractivity contribution in [2.24, 2.45) is 0 Å². The average Bonchev–Trinajstić information content (AvgIpc) is 3.06. The molecule has 1 aliphatic heterocycles. The zero-order valence-corrected chi connectivity index (χ0v) is 17.0. The highest BCUT2D eigenvalue weighted by molar-refractivity contribution is 7.99. The van der Waals surface area contributed by atoms with Gasteiger partial charge in [-0.05, 0) is 17.5 Å². The van der Waals surface area contributed by atoms with Gasteiger partial charge in [0.1, 0.15) is 0 Å². The standard InChI is InChI=1S/C19H27N5O3S/c1-2-7-24-18(26)21-22-19(24)28-14-17(25)20-12-15-5-3-4-6-16(15)13-23-8-10-27-11-9-23/h3-6H,2,7-14H2,1H3,(H,20,25)(H,21,26). The van der Waals surface area contributed by atoms with E-state index in [2.05, 4.69) is 32.5 Å². The molecular weight excluding hydrogens is 378 g/mol. The number of morpholine rings is 1. The summed E-state index contributed by atoms with van der Waals surface area (Å²) in [5.41, 5.74) is 2.11. The van der Waals surface area contributed by atoms with Crippen molar-refractivity contribution in [3.8, 4) is 0 Å². The van der Waals surface area contributed by atoms with Gasteiger partial charge >= 0.3 is 5.69 Å². The monoisotopic (exact) mass is 405 g/mol. The Balaban J connectivity index is 1.51. The van der Waals surface area contributed by atoms with Gasteiger partial charge in [-0.1, -0.05) is 43.0 Å².